The largest absolute Gasteiger partial charge is 0.497 e. The van der Waals surface area contributed by atoms with Crippen molar-refractivity contribution in [3.63, 3.8) is 0 Å². The first-order valence-electron chi connectivity index (χ1n) is 6.16. The van der Waals surface area contributed by atoms with Crippen LogP contribution < -0.4 is 10.2 Å². The predicted octanol–water partition coefficient (Wildman–Crippen LogP) is 3.42. The summed E-state index contributed by atoms with van der Waals surface area (Å²) in [4.78, 5) is 0. The molecule has 1 aromatic rings. The summed E-state index contributed by atoms with van der Waals surface area (Å²) in [6.07, 6.45) is -2.53. The van der Waals surface area contributed by atoms with Gasteiger partial charge in [0.1, 0.15) is 29.0 Å². The van der Waals surface area contributed by atoms with E-state index in [2.05, 4.69) is 4.74 Å². The molecule has 8 heteroatoms. The topological polar surface area (TPSA) is 9.23 Å². The van der Waals surface area contributed by atoms with E-state index >= 15 is 0 Å². The minimum Gasteiger partial charge on any atom is -0.497 e. The normalized spacial score (nSPS) is 25.1. The first-order chi connectivity index (χ1) is 10.2. The van der Waals surface area contributed by atoms with Gasteiger partial charge >= 0.3 is 0 Å². The number of allylic oxidation sites excluding steroid dienone is 4. The van der Waals surface area contributed by atoms with Crippen LogP contribution in [-0.2, 0) is 0 Å². The molecule has 1 radical (unpaired) electrons. The van der Waals surface area contributed by atoms with E-state index in [1.165, 1.54) is 7.11 Å². The average Bonchev–Trinajstić information content (AvgIpc) is 2.42. The van der Waals surface area contributed by atoms with Crippen LogP contribution in [0.2, 0.25) is 0 Å². The molecular formula is C14H10BF6O. The lowest BCUT2D eigenvalue weighted by atomic mass is 9.60. The van der Waals surface area contributed by atoms with Gasteiger partial charge in [-0.2, -0.15) is 0 Å². The highest BCUT2D eigenvalue weighted by Gasteiger charge is 2.42. The molecule has 0 aromatic heterocycles. The van der Waals surface area contributed by atoms with Gasteiger partial charge in [0, 0.05) is 12.1 Å². The van der Waals surface area contributed by atoms with Crippen LogP contribution in [0.3, 0.4) is 0 Å². The van der Waals surface area contributed by atoms with Crippen LogP contribution in [0, 0.1) is 11.6 Å². The molecule has 22 heavy (non-hydrogen) atoms. The summed E-state index contributed by atoms with van der Waals surface area (Å²) in [6, 6.07) is 1.59. The minimum absolute atomic E-state index is 0.138. The fourth-order valence-electron chi connectivity index (χ4n) is 2.00. The Kier molecular flexibility index (Phi) is 4.31. The molecule has 2 atom stereocenters. The first-order valence-corrected chi connectivity index (χ1v) is 6.16. The van der Waals surface area contributed by atoms with Gasteiger partial charge in [0.15, 0.2) is 11.8 Å². The standard InChI is InChI=1S/C14H10BF6O/c1-14(21)5-9(18)11(12(19)13(14)20)15-10-7(16)3-6(22-2)4-8(10)17/h3-5,13H,1-2H3. The summed E-state index contributed by atoms with van der Waals surface area (Å²) < 4.78 is 86.8. The highest BCUT2D eigenvalue weighted by atomic mass is 19.2. The van der Waals surface area contributed by atoms with E-state index in [0.717, 1.165) is 12.1 Å². The molecule has 1 aromatic carbocycles. The summed E-state index contributed by atoms with van der Waals surface area (Å²) in [6.45, 7) is 0.655. The Morgan fingerprint density at radius 2 is 1.68 bits per heavy atom. The van der Waals surface area contributed by atoms with Crippen molar-refractivity contribution in [2.45, 2.75) is 18.8 Å². The van der Waals surface area contributed by atoms with Crippen molar-refractivity contribution in [1.29, 1.82) is 0 Å². The Morgan fingerprint density at radius 3 is 2.18 bits per heavy atom. The maximum absolute atomic E-state index is 13.8. The number of alkyl halides is 2. The van der Waals surface area contributed by atoms with Gasteiger partial charge < -0.3 is 4.74 Å². The zero-order valence-corrected chi connectivity index (χ0v) is 11.6. The van der Waals surface area contributed by atoms with E-state index in [4.69, 9.17) is 0 Å². The zero-order chi connectivity index (χ0) is 16.7. The lowest BCUT2D eigenvalue weighted by Crippen LogP contribution is -2.36. The van der Waals surface area contributed by atoms with E-state index < -0.39 is 46.1 Å². The molecule has 1 aliphatic carbocycles. The molecule has 0 amide bonds. The van der Waals surface area contributed by atoms with Crippen LogP contribution in [0.15, 0.2) is 35.3 Å². The Labute approximate surface area is 123 Å². The third-order valence-electron chi connectivity index (χ3n) is 3.22. The molecule has 1 nitrogen and oxygen atoms in total. The average molecular weight is 319 g/mol. The smallest absolute Gasteiger partial charge is 0.206 e. The van der Waals surface area contributed by atoms with Crippen molar-refractivity contribution in [1.82, 2.24) is 0 Å². The van der Waals surface area contributed by atoms with Crippen LogP contribution in [0.25, 0.3) is 0 Å². The molecule has 2 unspecified atom stereocenters. The molecule has 0 fully saturated rings. The second-order valence-corrected chi connectivity index (χ2v) is 4.92. The fourth-order valence-corrected chi connectivity index (χ4v) is 2.00. The Morgan fingerprint density at radius 1 is 1.14 bits per heavy atom. The van der Waals surface area contributed by atoms with Crippen molar-refractivity contribution >= 4 is 12.7 Å². The predicted molar refractivity (Wildman–Crippen MR) is 70.0 cm³/mol. The summed E-state index contributed by atoms with van der Waals surface area (Å²) in [5, 5.41) is 0. The van der Waals surface area contributed by atoms with Crippen molar-refractivity contribution < 1.29 is 31.1 Å². The van der Waals surface area contributed by atoms with Crippen LogP contribution in [0.4, 0.5) is 26.3 Å². The summed E-state index contributed by atoms with van der Waals surface area (Å²) in [5.74, 6) is -5.66. The molecule has 0 bridgehead atoms. The number of rotatable bonds is 3. The summed E-state index contributed by atoms with van der Waals surface area (Å²) >= 11 is 0. The third-order valence-corrected chi connectivity index (χ3v) is 3.22. The van der Waals surface area contributed by atoms with Crippen molar-refractivity contribution in [3.8, 4) is 5.75 Å². The van der Waals surface area contributed by atoms with Gasteiger partial charge in [0.25, 0.3) is 0 Å². The highest BCUT2D eigenvalue weighted by molar-refractivity contribution is 6.62. The molecule has 0 N–H and O–H groups in total. The second kappa shape index (κ2) is 5.74. The Hall–Kier alpha value is -1.86. The SMILES string of the molecule is COc1cc(F)c([B]C2=C(F)C(F)C(C)(F)C=C2F)c(F)c1. The minimum atomic E-state index is -2.87. The number of benzene rings is 1. The van der Waals surface area contributed by atoms with Gasteiger partial charge in [-0.25, -0.2) is 26.3 Å². The van der Waals surface area contributed by atoms with Gasteiger partial charge in [-0.05, 0) is 23.9 Å². The van der Waals surface area contributed by atoms with Crippen LogP contribution in [0.5, 0.6) is 5.75 Å². The molecule has 0 saturated carbocycles. The van der Waals surface area contributed by atoms with E-state index in [1.54, 1.807) is 0 Å². The number of methoxy groups -OCH3 is 1. The van der Waals surface area contributed by atoms with E-state index in [1.807, 2.05) is 0 Å². The van der Waals surface area contributed by atoms with Gasteiger partial charge in [-0.1, -0.05) is 0 Å². The molecular weight excluding hydrogens is 309 g/mol. The molecule has 1 aliphatic rings. The van der Waals surface area contributed by atoms with Crippen molar-refractivity contribution in [3.05, 3.63) is 47.0 Å². The number of halogens is 6. The number of hydrogen-bond acceptors (Lipinski definition) is 1. The maximum Gasteiger partial charge on any atom is 0.206 e. The van der Waals surface area contributed by atoms with E-state index in [0.29, 0.717) is 14.2 Å². The molecule has 0 saturated heterocycles. The maximum atomic E-state index is 13.8. The van der Waals surface area contributed by atoms with Crippen LogP contribution in [-0.4, -0.2) is 26.2 Å². The van der Waals surface area contributed by atoms with Gasteiger partial charge in [-0.3, -0.25) is 0 Å². The summed E-state index contributed by atoms with van der Waals surface area (Å²) in [7, 11) is 1.63. The molecule has 0 aliphatic heterocycles. The quantitative estimate of drug-likeness (QED) is 0.613. The zero-order valence-electron chi connectivity index (χ0n) is 11.6. The van der Waals surface area contributed by atoms with Gasteiger partial charge in [0.05, 0.1) is 7.11 Å². The highest BCUT2D eigenvalue weighted by Crippen LogP contribution is 2.37. The number of ether oxygens (including phenoxy) is 1. The summed E-state index contributed by atoms with van der Waals surface area (Å²) in [5.41, 5.74) is -4.70. The lowest BCUT2D eigenvalue weighted by molar-refractivity contribution is 0.114. The molecule has 2 rings (SSSR count). The second-order valence-electron chi connectivity index (χ2n) is 4.92. The van der Waals surface area contributed by atoms with Crippen LogP contribution >= 0.6 is 0 Å². The monoisotopic (exact) mass is 319 g/mol. The Bertz CT molecular complexity index is 644. The van der Waals surface area contributed by atoms with E-state index in [9.17, 15) is 26.3 Å². The van der Waals surface area contributed by atoms with Crippen molar-refractivity contribution in [2.24, 2.45) is 0 Å². The van der Waals surface area contributed by atoms with E-state index in [-0.39, 0.29) is 11.8 Å². The van der Waals surface area contributed by atoms with Gasteiger partial charge in [-0.15, -0.1) is 0 Å². The molecule has 117 valence electrons. The molecule has 0 heterocycles. The molecule has 0 spiro atoms. The van der Waals surface area contributed by atoms with Gasteiger partial charge in [0.2, 0.25) is 7.28 Å². The Balaban J connectivity index is 2.43. The van der Waals surface area contributed by atoms with Crippen LogP contribution in [0.1, 0.15) is 6.92 Å². The van der Waals surface area contributed by atoms with Crippen molar-refractivity contribution in [2.75, 3.05) is 7.11 Å². The lowest BCUT2D eigenvalue weighted by Gasteiger charge is -2.26. The fraction of sp³-hybridized carbons (Fsp3) is 0.286. The number of hydrogen-bond donors (Lipinski definition) is 0. The first kappa shape index (κ1) is 16.5. The third kappa shape index (κ3) is 2.87.